The first kappa shape index (κ1) is 17.7. The first-order valence-corrected chi connectivity index (χ1v) is 8.81. The highest BCUT2D eigenvalue weighted by atomic mass is 32.2. The maximum absolute atomic E-state index is 10.8. The molecule has 0 aliphatic rings. The van der Waals surface area contributed by atoms with Gasteiger partial charge in [-0.1, -0.05) is 47.7 Å². The number of benzene rings is 2. The molecule has 134 valence electrons. The Kier molecular flexibility index (Phi) is 5.37. The molecule has 0 fully saturated rings. The van der Waals surface area contributed by atoms with Crippen molar-refractivity contribution in [3.8, 4) is 17.1 Å². The molecule has 0 amide bonds. The number of nitrogens with zero attached hydrogens (tertiary/aromatic N) is 4. The second-order valence-electron chi connectivity index (χ2n) is 5.49. The van der Waals surface area contributed by atoms with Crippen LogP contribution >= 0.6 is 11.8 Å². The van der Waals surface area contributed by atoms with Gasteiger partial charge in [0.25, 0.3) is 5.69 Å². The molecular formula is C17H17N5O3S. The maximum Gasteiger partial charge on any atom is 0.273 e. The van der Waals surface area contributed by atoms with E-state index in [-0.39, 0.29) is 5.69 Å². The van der Waals surface area contributed by atoms with Crippen LogP contribution in [0.25, 0.3) is 11.4 Å². The molecule has 9 heteroatoms. The molecule has 0 unspecified atom stereocenters. The van der Waals surface area contributed by atoms with Gasteiger partial charge in [0.05, 0.1) is 17.6 Å². The topological polar surface area (TPSA) is 109 Å². The number of nitrogen functional groups attached to an aromatic ring is 1. The SMILES string of the molecule is Cc1ccc(-c2nnc(SCCOc3cccc([N+](=O)[O-])c3)n2N)cc1. The molecule has 1 heterocycles. The summed E-state index contributed by atoms with van der Waals surface area (Å²) in [4.78, 5) is 10.3. The van der Waals surface area contributed by atoms with Crippen LogP contribution < -0.4 is 10.6 Å². The van der Waals surface area contributed by atoms with E-state index in [1.54, 1.807) is 12.1 Å². The lowest BCUT2D eigenvalue weighted by molar-refractivity contribution is -0.384. The van der Waals surface area contributed by atoms with Crippen molar-refractivity contribution >= 4 is 17.4 Å². The van der Waals surface area contributed by atoms with E-state index >= 15 is 0 Å². The molecular weight excluding hydrogens is 354 g/mol. The summed E-state index contributed by atoms with van der Waals surface area (Å²) < 4.78 is 6.99. The number of ether oxygens (including phenoxy) is 1. The van der Waals surface area contributed by atoms with Gasteiger partial charge in [0.15, 0.2) is 5.82 Å². The summed E-state index contributed by atoms with van der Waals surface area (Å²) in [7, 11) is 0. The summed E-state index contributed by atoms with van der Waals surface area (Å²) in [5, 5.41) is 19.6. The van der Waals surface area contributed by atoms with E-state index in [1.165, 1.54) is 28.6 Å². The summed E-state index contributed by atoms with van der Waals surface area (Å²) in [5.41, 5.74) is 2.05. The fourth-order valence-electron chi connectivity index (χ4n) is 2.25. The number of hydrogen-bond donors (Lipinski definition) is 1. The Balaban J connectivity index is 1.56. The van der Waals surface area contributed by atoms with Crippen LogP contribution in [0.2, 0.25) is 0 Å². The Labute approximate surface area is 154 Å². The molecule has 0 bridgehead atoms. The molecule has 2 N–H and O–H groups in total. The van der Waals surface area contributed by atoms with Crippen LogP contribution in [-0.2, 0) is 0 Å². The summed E-state index contributed by atoms with van der Waals surface area (Å²) in [6.07, 6.45) is 0. The van der Waals surface area contributed by atoms with Crippen LogP contribution in [0.3, 0.4) is 0 Å². The second kappa shape index (κ2) is 7.87. The molecule has 8 nitrogen and oxygen atoms in total. The molecule has 0 aliphatic heterocycles. The van der Waals surface area contributed by atoms with Crippen molar-refractivity contribution in [2.24, 2.45) is 0 Å². The fourth-order valence-corrected chi connectivity index (χ4v) is 2.93. The van der Waals surface area contributed by atoms with E-state index in [2.05, 4.69) is 10.2 Å². The number of nitro benzene ring substituents is 1. The Morgan fingerprint density at radius 2 is 2.00 bits per heavy atom. The van der Waals surface area contributed by atoms with Crippen molar-refractivity contribution in [3.63, 3.8) is 0 Å². The monoisotopic (exact) mass is 371 g/mol. The summed E-state index contributed by atoms with van der Waals surface area (Å²) >= 11 is 1.40. The number of hydrogen-bond acceptors (Lipinski definition) is 7. The average Bonchev–Trinajstić information content (AvgIpc) is 3.00. The van der Waals surface area contributed by atoms with Crippen molar-refractivity contribution in [3.05, 3.63) is 64.2 Å². The highest BCUT2D eigenvalue weighted by Crippen LogP contribution is 2.23. The van der Waals surface area contributed by atoms with E-state index in [0.29, 0.717) is 29.1 Å². The van der Waals surface area contributed by atoms with Crippen LogP contribution in [0, 0.1) is 17.0 Å². The van der Waals surface area contributed by atoms with E-state index < -0.39 is 4.92 Å². The third-order valence-corrected chi connectivity index (χ3v) is 4.49. The summed E-state index contributed by atoms with van der Waals surface area (Å²) in [6, 6.07) is 14.0. The predicted octanol–water partition coefficient (Wildman–Crippen LogP) is 3.05. The fraction of sp³-hybridized carbons (Fsp3) is 0.176. The van der Waals surface area contributed by atoms with Crippen molar-refractivity contribution in [1.29, 1.82) is 0 Å². The molecule has 26 heavy (non-hydrogen) atoms. The lowest BCUT2D eigenvalue weighted by Crippen LogP contribution is -2.12. The van der Waals surface area contributed by atoms with Gasteiger partial charge in [-0.3, -0.25) is 10.1 Å². The minimum atomic E-state index is -0.453. The van der Waals surface area contributed by atoms with Crippen LogP contribution in [-0.4, -0.2) is 32.2 Å². The quantitative estimate of drug-likeness (QED) is 0.223. The Hall–Kier alpha value is -3.07. The van der Waals surface area contributed by atoms with Gasteiger partial charge < -0.3 is 10.6 Å². The molecule has 0 aliphatic carbocycles. The van der Waals surface area contributed by atoms with Crippen LogP contribution in [0.5, 0.6) is 5.75 Å². The Bertz CT molecular complexity index is 911. The Morgan fingerprint density at radius 3 is 2.73 bits per heavy atom. The smallest absolute Gasteiger partial charge is 0.273 e. The number of aromatic nitrogens is 3. The number of thioether (sulfide) groups is 1. The van der Waals surface area contributed by atoms with Gasteiger partial charge in [-0.15, -0.1) is 10.2 Å². The lowest BCUT2D eigenvalue weighted by Gasteiger charge is -2.06. The van der Waals surface area contributed by atoms with E-state index in [1.807, 2.05) is 31.2 Å². The number of nitro groups is 1. The van der Waals surface area contributed by atoms with Crippen molar-refractivity contribution in [2.75, 3.05) is 18.2 Å². The minimum Gasteiger partial charge on any atom is -0.492 e. The van der Waals surface area contributed by atoms with E-state index in [4.69, 9.17) is 10.6 Å². The summed E-state index contributed by atoms with van der Waals surface area (Å²) in [5.74, 6) is 7.69. The molecule has 3 rings (SSSR count). The maximum atomic E-state index is 10.8. The molecule has 3 aromatic rings. The normalized spacial score (nSPS) is 10.7. The molecule has 0 atom stereocenters. The van der Waals surface area contributed by atoms with Crippen molar-refractivity contribution < 1.29 is 9.66 Å². The van der Waals surface area contributed by atoms with Gasteiger partial charge in [-0.2, -0.15) is 0 Å². The third kappa shape index (κ3) is 4.12. The number of non-ortho nitro benzene ring substituents is 1. The zero-order chi connectivity index (χ0) is 18.5. The largest absolute Gasteiger partial charge is 0.492 e. The van der Waals surface area contributed by atoms with Gasteiger partial charge in [-0.05, 0) is 13.0 Å². The first-order valence-electron chi connectivity index (χ1n) is 7.82. The van der Waals surface area contributed by atoms with E-state index in [0.717, 1.165) is 11.1 Å². The highest BCUT2D eigenvalue weighted by Gasteiger charge is 2.12. The lowest BCUT2D eigenvalue weighted by atomic mass is 10.1. The van der Waals surface area contributed by atoms with Crippen LogP contribution in [0.1, 0.15) is 5.56 Å². The number of nitrogens with two attached hydrogens (primary N) is 1. The number of aryl methyl sites for hydroxylation is 1. The van der Waals surface area contributed by atoms with Gasteiger partial charge in [0.2, 0.25) is 5.16 Å². The number of rotatable bonds is 7. The zero-order valence-electron chi connectivity index (χ0n) is 14.0. The highest BCUT2D eigenvalue weighted by molar-refractivity contribution is 7.99. The standard InChI is InChI=1S/C17H17N5O3S/c1-12-5-7-13(8-6-12)16-19-20-17(21(16)18)26-10-9-25-15-4-2-3-14(11-15)22(23)24/h2-8,11H,9-10,18H2,1H3. The minimum absolute atomic E-state index is 0.000376. The summed E-state index contributed by atoms with van der Waals surface area (Å²) in [6.45, 7) is 2.37. The predicted molar refractivity (Wildman–Crippen MR) is 99.7 cm³/mol. The van der Waals surface area contributed by atoms with Gasteiger partial charge in [0.1, 0.15) is 5.75 Å². The molecule has 0 spiro atoms. The van der Waals surface area contributed by atoms with E-state index in [9.17, 15) is 10.1 Å². The van der Waals surface area contributed by atoms with Gasteiger partial charge in [-0.25, -0.2) is 4.68 Å². The Morgan fingerprint density at radius 1 is 1.23 bits per heavy atom. The molecule has 0 radical (unpaired) electrons. The van der Waals surface area contributed by atoms with Crippen LogP contribution in [0.4, 0.5) is 5.69 Å². The van der Waals surface area contributed by atoms with Crippen molar-refractivity contribution in [2.45, 2.75) is 12.1 Å². The third-order valence-electron chi connectivity index (χ3n) is 3.59. The van der Waals surface area contributed by atoms with Crippen LogP contribution in [0.15, 0.2) is 53.7 Å². The van der Waals surface area contributed by atoms with Gasteiger partial charge in [0, 0.05) is 17.4 Å². The van der Waals surface area contributed by atoms with Crippen molar-refractivity contribution in [1.82, 2.24) is 14.9 Å². The average molecular weight is 371 g/mol. The zero-order valence-corrected chi connectivity index (χ0v) is 14.8. The molecule has 2 aromatic carbocycles. The first-order chi connectivity index (χ1) is 12.5. The van der Waals surface area contributed by atoms with Gasteiger partial charge >= 0.3 is 0 Å². The molecule has 0 saturated carbocycles. The second-order valence-corrected chi connectivity index (χ2v) is 6.56. The molecule has 1 aromatic heterocycles. The molecule has 0 saturated heterocycles.